The molecule has 1 amide bonds. The number of methoxy groups -OCH3 is 2. The predicted molar refractivity (Wildman–Crippen MR) is 95.3 cm³/mol. The van der Waals surface area contributed by atoms with Crippen LogP contribution in [-0.4, -0.2) is 26.7 Å². The highest BCUT2D eigenvalue weighted by Crippen LogP contribution is 2.32. The van der Waals surface area contributed by atoms with Gasteiger partial charge in [-0.2, -0.15) is 0 Å². The van der Waals surface area contributed by atoms with E-state index in [-0.39, 0.29) is 11.9 Å². The van der Waals surface area contributed by atoms with Gasteiger partial charge in [-0.3, -0.25) is 4.79 Å². The fourth-order valence-corrected chi connectivity index (χ4v) is 3.05. The zero-order chi connectivity index (χ0) is 17.6. The molecule has 1 heterocycles. The van der Waals surface area contributed by atoms with E-state index in [4.69, 9.17) is 14.2 Å². The third kappa shape index (κ3) is 4.05. The largest absolute Gasteiger partial charge is 0.493 e. The molecule has 5 nitrogen and oxygen atoms in total. The fraction of sp³-hybridized carbons (Fsp3) is 0.350. The van der Waals surface area contributed by atoms with E-state index in [9.17, 15) is 4.79 Å². The molecule has 25 heavy (non-hydrogen) atoms. The molecule has 0 saturated heterocycles. The van der Waals surface area contributed by atoms with Gasteiger partial charge in [0.05, 0.1) is 26.9 Å². The van der Waals surface area contributed by atoms with Gasteiger partial charge in [0.1, 0.15) is 5.75 Å². The molecule has 1 aliphatic rings. The second-order valence-corrected chi connectivity index (χ2v) is 5.98. The molecular weight excluding hydrogens is 318 g/mol. The molecular formula is C20H23NO4. The Morgan fingerprint density at radius 2 is 1.96 bits per heavy atom. The monoisotopic (exact) mass is 341 g/mol. The van der Waals surface area contributed by atoms with Crippen molar-refractivity contribution in [3.8, 4) is 17.2 Å². The number of carbonyl (C=O) groups excluding carboxylic acids is 1. The Hall–Kier alpha value is -2.69. The van der Waals surface area contributed by atoms with Gasteiger partial charge in [-0.15, -0.1) is 0 Å². The van der Waals surface area contributed by atoms with Crippen molar-refractivity contribution >= 4 is 5.91 Å². The fourth-order valence-electron chi connectivity index (χ4n) is 3.05. The summed E-state index contributed by atoms with van der Waals surface area (Å²) in [5.41, 5.74) is 2.09. The molecule has 1 N–H and O–H groups in total. The normalized spacial score (nSPS) is 15.7. The minimum absolute atomic E-state index is 0.0165. The Labute approximate surface area is 147 Å². The van der Waals surface area contributed by atoms with Gasteiger partial charge in [0, 0.05) is 18.4 Å². The van der Waals surface area contributed by atoms with Gasteiger partial charge < -0.3 is 19.5 Å². The van der Waals surface area contributed by atoms with Crippen LogP contribution >= 0.6 is 0 Å². The van der Waals surface area contributed by atoms with Crippen LogP contribution < -0.4 is 19.5 Å². The average Bonchev–Trinajstić information content (AvgIpc) is 2.66. The van der Waals surface area contributed by atoms with E-state index in [2.05, 4.69) is 5.32 Å². The number of amides is 1. The zero-order valence-corrected chi connectivity index (χ0v) is 14.6. The van der Waals surface area contributed by atoms with Crippen LogP contribution in [0.25, 0.3) is 0 Å². The molecule has 2 aromatic rings. The Bertz CT molecular complexity index is 744. The summed E-state index contributed by atoms with van der Waals surface area (Å²) in [7, 11) is 3.22. The summed E-state index contributed by atoms with van der Waals surface area (Å²) < 4.78 is 16.2. The molecule has 132 valence electrons. The van der Waals surface area contributed by atoms with E-state index < -0.39 is 0 Å². The first kappa shape index (κ1) is 17.1. The number of rotatable bonds is 6. The van der Waals surface area contributed by atoms with Gasteiger partial charge in [-0.05, 0) is 30.2 Å². The van der Waals surface area contributed by atoms with Crippen LogP contribution in [0.5, 0.6) is 17.2 Å². The number of para-hydroxylation sites is 1. The molecule has 1 atom stereocenters. The van der Waals surface area contributed by atoms with Crippen LogP contribution in [-0.2, 0) is 11.2 Å². The van der Waals surface area contributed by atoms with E-state index in [0.29, 0.717) is 30.9 Å². The maximum atomic E-state index is 12.4. The van der Waals surface area contributed by atoms with Gasteiger partial charge in [-0.25, -0.2) is 0 Å². The van der Waals surface area contributed by atoms with Crippen LogP contribution in [0.1, 0.15) is 30.0 Å². The Morgan fingerprint density at radius 3 is 2.76 bits per heavy atom. The lowest BCUT2D eigenvalue weighted by Gasteiger charge is -2.26. The maximum Gasteiger partial charge on any atom is 0.220 e. The molecule has 0 spiro atoms. The predicted octanol–water partition coefficient (Wildman–Crippen LogP) is 3.28. The molecule has 0 aromatic heterocycles. The zero-order valence-electron chi connectivity index (χ0n) is 14.6. The highest BCUT2D eigenvalue weighted by molar-refractivity contribution is 5.77. The average molecular weight is 341 g/mol. The molecule has 3 rings (SSSR count). The summed E-state index contributed by atoms with van der Waals surface area (Å²) in [6.07, 6.45) is 1.87. The summed E-state index contributed by atoms with van der Waals surface area (Å²) in [6.45, 7) is 0.623. The molecule has 2 aromatic carbocycles. The second kappa shape index (κ2) is 7.92. The Kier molecular flexibility index (Phi) is 5.43. The van der Waals surface area contributed by atoms with Crippen molar-refractivity contribution in [3.05, 3.63) is 53.6 Å². The number of hydrogen-bond donors (Lipinski definition) is 1. The van der Waals surface area contributed by atoms with E-state index in [1.165, 1.54) is 0 Å². The second-order valence-electron chi connectivity index (χ2n) is 5.98. The standard InChI is InChI=1S/C20H23NO4/c1-23-18-9-7-14(13-19(18)24-2)8-10-20(22)21-16-11-12-25-17-6-4-3-5-15(16)17/h3-7,9,13,16H,8,10-12H2,1-2H3,(H,21,22)/t16-/m1/s1. The highest BCUT2D eigenvalue weighted by atomic mass is 16.5. The summed E-state index contributed by atoms with van der Waals surface area (Å²) in [4.78, 5) is 12.4. The topological polar surface area (TPSA) is 56.8 Å². The van der Waals surface area contributed by atoms with E-state index >= 15 is 0 Å². The Balaban J connectivity index is 1.59. The first-order valence-corrected chi connectivity index (χ1v) is 8.43. The molecule has 5 heteroatoms. The molecule has 0 unspecified atom stereocenters. The van der Waals surface area contributed by atoms with Crippen molar-refractivity contribution in [1.29, 1.82) is 0 Å². The number of ether oxygens (including phenoxy) is 3. The van der Waals surface area contributed by atoms with Gasteiger partial charge in [0.15, 0.2) is 11.5 Å². The van der Waals surface area contributed by atoms with Crippen LogP contribution in [0.15, 0.2) is 42.5 Å². The van der Waals surface area contributed by atoms with Crippen molar-refractivity contribution in [3.63, 3.8) is 0 Å². The molecule has 0 radical (unpaired) electrons. The van der Waals surface area contributed by atoms with Crippen molar-refractivity contribution in [2.75, 3.05) is 20.8 Å². The van der Waals surface area contributed by atoms with Gasteiger partial charge in [0.25, 0.3) is 0 Å². The summed E-state index contributed by atoms with van der Waals surface area (Å²) in [6, 6.07) is 13.6. The SMILES string of the molecule is COc1ccc(CCC(=O)N[C@@H]2CCOc3ccccc32)cc1OC. The van der Waals surface area contributed by atoms with E-state index in [0.717, 1.165) is 23.3 Å². The summed E-state index contributed by atoms with van der Waals surface area (Å²) in [5.74, 6) is 2.27. The molecule has 1 aliphatic heterocycles. The van der Waals surface area contributed by atoms with Crippen LogP contribution in [0.4, 0.5) is 0 Å². The molecule has 0 bridgehead atoms. The molecule has 0 aliphatic carbocycles. The lowest BCUT2D eigenvalue weighted by atomic mass is 10.00. The third-order valence-electron chi connectivity index (χ3n) is 4.38. The van der Waals surface area contributed by atoms with Gasteiger partial charge >= 0.3 is 0 Å². The quantitative estimate of drug-likeness (QED) is 0.876. The lowest BCUT2D eigenvalue weighted by molar-refractivity contribution is -0.122. The van der Waals surface area contributed by atoms with Crippen LogP contribution in [0, 0.1) is 0 Å². The van der Waals surface area contributed by atoms with Crippen molar-refractivity contribution in [2.24, 2.45) is 0 Å². The number of hydrogen-bond acceptors (Lipinski definition) is 4. The first-order chi connectivity index (χ1) is 12.2. The summed E-state index contributed by atoms with van der Waals surface area (Å²) in [5, 5.41) is 3.12. The molecule has 0 saturated carbocycles. The summed E-state index contributed by atoms with van der Waals surface area (Å²) >= 11 is 0. The Morgan fingerprint density at radius 1 is 1.16 bits per heavy atom. The maximum absolute atomic E-state index is 12.4. The number of nitrogens with one attached hydrogen (secondary N) is 1. The number of benzene rings is 2. The van der Waals surface area contributed by atoms with Crippen LogP contribution in [0.2, 0.25) is 0 Å². The van der Waals surface area contributed by atoms with Gasteiger partial charge in [0.2, 0.25) is 5.91 Å². The molecule has 0 fully saturated rings. The van der Waals surface area contributed by atoms with Gasteiger partial charge in [-0.1, -0.05) is 24.3 Å². The smallest absolute Gasteiger partial charge is 0.220 e. The minimum Gasteiger partial charge on any atom is -0.493 e. The number of fused-ring (bicyclic) bond motifs is 1. The minimum atomic E-state index is 0.0165. The van der Waals surface area contributed by atoms with Crippen molar-refractivity contribution in [2.45, 2.75) is 25.3 Å². The number of carbonyl (C=O) groups is 1. The van der Waals surface area contributed by atoms with Crippen molar-refractivity contribution in [1.82, 2.24) is 5.32 Å². The van der Waals surface area contributed by atoms with E-state index in [1.54, 1.807) is 14.2 Å². The lowest BCUT2D eigenvalue weighted by Crippen LogP contribution is -2.32. The number of aryl methyl sites for hydroxylation is 1. The third-order valence-corrected chi connectivity index (χ3v) is 4.38. The van der Waals surface area contributed by atoms with E-state index in [1.807, 2.05) is 42.5 Å². The van der Waals surface area contributed by atoms with Crippen molar-refractivity contribution < 1.29 is 19.0 Å². The highest BCUT2D eigenvalue weighted by Gasteiger charge is 2.22. The van der Waals surface area contributed by atoms with Crippen LogP contribution in [0.3, 0.4) is 0 Å². The first-order valence-electron chi connectivity index (χ1n) is 8.43.